The largest absolute Gasteiger partial charge is 0.488 e. The monoisotopic (exact) mass is 472 g/mol. The van der Waals surface area contributed by atoms with Crippen molar-refractivity contribution in [1.29, 1.82) is 0 Å². The first kappa shape index (κ1) is 24.1. The first-order valence-corrected chi connectivity index (χ1v) is 11.5. The Balaban J connectivity index is 1.41. The first-order chi connectivity index (χ1) is 16.9. The van der Waals surface area contributed by atoms with Crippen molar-refractivity contribution in [2.24, 2.45) is 0 Å². The van der Waals surface area contributed by atoms with E-state index in [9.17, 15) is 13.6 Å². The van der Waals surface area contributed by atoms with Gasteiger partial charge in [-0.25, -0.2) is 13.6 Å². The van der Waals surface area contributed by atoms with E-state index in [0.29, 0.717) is 5.92 Å². The molecule has 0 aliphatic heterocycles. The molecule has 0 N–H and O–H groups in total. The summed E-state index contributed by atoms with van der Waals surface area (Å²) in [7, 11) is 0. The smallest absolute Gasteiger partial charge is 0.343 e. The fourth-order valence-corrected chi connectivity index (χ4v) is 3.93. The van der Waals surface area contributed by atoms with Crippen molar-refractivity contribution in [1.82, 2.24) is 0 Å². The van der Waals surface area contributed by atoms with Crippen LogP contribution in [0, 0.1) is 11.6 Å². The van der Waals surface area contributed by atoms with Crippen molar-refractivity contribution in [3.63, 3.8) is 0 Å². The molecule has 0 heterocycles. The molecule has 4 rings (SSSR count). The Labute approximate surface area is 204 Å². The molecule has 0 saturated carbocycles. The quantitative estimate of drug-likeness (QED) is 0.196. The molecule has 0 aliphatic carbocycles. The third kappa shape index (κ3) is 5.93. The van der Waals surface area contributed by atoms with E-state index in [1.54, 1.807) is 19.1 Å². The zero-order valence-electron chi connectivity index (χ0n) is 19.6. The Bertz CT molecular complexity index is 1260. The molecule has 35 heavy (non-hydrogen) atoms. The first-order valence-electron chi connectivity index (χ1n) is 11.5. The SMILES string of the molecule is CCOc1c(F)cc(OC(=O)c2ccc(-c3ccc(C[C@@H](C)c4ccccc4)cc3)cc2)cc1F. The van der Waals surface area contributed by atoms with E-state index in [0.717, 1.165) is 29.7 Å². The second-order valence-electron chi connectivity index (χ2n) is 8.33. The minimum atomic E-state index is -0.924. The highest BCUT2D eigenvalue weighted by Gasteiger charge is 2.16. The second-order valence-corrected chi connectivity index (χ2v) is 8.33. The molecule has 3 nitrogen and oxygen atoms in total. The van der Waals surface area contributed by atoms with Crippen molar-refractivity contribution in [3.05, 3.63) is 119 Å². The fraction of sp³-hybridized carbons (Fsp3) is 0.167. The number of hydrogen-bond donors (Lipinski definition) is 0. The van der Waals surface area contributed by atoms with Gasteiger partial charge in [0, 0.05) is 12.1 Å². The molecule has 0 aromatic heterocycles. The van der Waals surface area contributed by atoms with Gasteiger partial charge in [-0.15, -0.1) is 0 Å². The summed E-state index contributed by atoms with van der Waals surface area (Å²) >= 11 is 0. The lowest BCUT2D eigenvalue weighted by molar-refractivity contribution is 0.0733. The molecule has 0 spiro atoms. The summed E-state index contributed by atoms with van der Waals surface area (Å²) < 4.78 is 38.1. The van der Waals surface area contributed by atoms with Gasteiger partial charge in [0.2, 0.25) is 0 Å². The predicted octanol–water partition coefficient (Wildman–Crippen LogP) is 7.60. The van der Waals surface area contributed by atoms with Crippen LogP contribution < -0.4 is 9.47 Å². The van der Waals surface area contributed by atoms with Gasteiger partial charge in [0.15, 0.2) is 17.4 Å². The molecule has 0 saturated heterocycles. The van der Waals surface area contributed by atoms with Crippen LogP contribution in [-0.4, -0.2) is 12.6 Å². The van der Waals surface area contributed by atoms with Crippen molar-refractivity contribution in [3.8, 4) is 22.6 Å². The van der Waals surface area contributed by atoms with E-state index < -0.39 is 23.4 Å². The van der Waals surface area contributed by atoms with Crippen molar-refractivity contribution in [2.75, 3.05) is 6.61 Å². The van der Waals surface area contributed by atoms with E-state index in [1.165, 1.54) is 11.1 Å². The fourth-order valence-electron chi connectivity index (χ4n) is 3.93. The molecule has 4 aromatic carbocycles. The highest BCUT2D eigenvalue weighted by molar-refractivity contribution is 5.91. The van der Waals surface area contributed by atoms with Crippen molar-refractivity contribution < 1.29 is 23.0 Å². The van der Waals surface area contributed by atoms with Crippen LogP contribution in [0.5, 0.6) is 11.5 Å². The number of esters is 1. The van der Waals surface area contributed by atoms with E-state index in [2.05, 4.69) is 55.5 Å². The third-order valence-corrected chi connectivity index (χ3v) is 5.79. The summed E-state index contributed by atoms with van der Waals surface area (Å²) in [5.74, 6) is -2.84. The van der Waals surface area contributed by atoms with Crippen molar-refractivity contribution in [2.45, 2.75) is 26.2 Å². The summed E-state index contributed by atoms with van der Waals surface area (Å²) in [4.78, 5) is 12.5. The van der Waals surface area contributed by atoms with Gasteiger partial charge in [-0.1, -0.05) is 73.7 Å². The summed E-state index contributed by atoms with van der Waals surface area (Å²) in [5.41, 5.74) is 4.81. The number of halogens is 2. The summed E-state index contributed by atoms with van der Waals surface area (Å²) in [6, 6.07) is 27.5. The van der Waals surface area contributed by atoms with Crippen LogP contribution in [0.4, 0.5) is 8.78 Å². The molecule has 0 bridgehead atoms. The lowest BCUT2D eigenvalue weighted by Crippen LogP contribution is -2.09. The topological polar surface area (TPSA) is 35.5 Å². The molecule has 0 radical (unpaired) electrons. The van der Waals surface area contributed by atoms with Gasteiger partial charge in [0.05, 0.1) is 12.2 Å². The molecule has 4 aromatic rings. The number of rotatable bonds is 8. The van der Waals surface area contributed by atoms with Gasteiger partial charge in [-0.2, -0.15) is 0 Å². The Kier molecular flexibility index (Phi) is 7.56. The zero-order chi connectivity index (χ0) is 24.8. The summed E-state index contributed by atoms with van der Waals surface area (Å²) in [6.45, 7) is 3.96. The summed E-state index contributed by atoms with van der Waals surface area (Å²) in [6.07, 6.45) is 0.946. The van der Waals surface area contributed by atoms with Crippen LogP contribution in [0.25, 0.3) is 11.1 Å². The van der Waals surface area contributed by atoms with Gasteiger partial charge in [0.25, 0.3) is 0 Å². The maximum atomic E-state index is 14.0. The maximum absolute atomic E-state index is 14.0. The van der Waals surface area contributed by atoms with E-state index >= 15 is 0 Å². The molecule has 5 heteroatoms. The molecule has 0 unspecified atom stereocenters. The van der Waals surface area contributed by atoms with Crippen LogP contribution >= 0.6 is 0 Å². The van der Waals surface area contributed by atoms with E-state index in [4.69, 9.17) is 9.47 Å². The molecular weight excluding hydrogens is 446 g/mol. The number of hydrogen-bond acceptors (Lipinski definition) is 3. The van der Waals surface area contributed by atoms with Gasteiger partial charge in [-0.05, 0) is 53.6 Å². The zero-order valence-corrected chi connectivity index (χ0v) is 19.6. The Morgan fingerprint density at radius 3 is 1.97 bits per heavy atom. The van der Waals surface area contributed by atoms with Crippen LogP contribution in [0.2, 0.25) is 0 Å². The molecule has 178 valence electrons. The van der Waals surface area contributed by atoms with E-state index in [1.807, 2.05) is 18.2 Å². The minimum Gasteiger partial charge on any atom is -0.488 e. The average Bonchev–Trinajstić information content (AvgIpc) is 2.87. The lowest BCUT2D eigenvalue weighted by atomic mass is 9.93. The second kappa shape index (κ2) is 11.0. The van der Waals surface area contributed by atoms with Crippen LogP contribution in [0.1, 0.15) is 41.3 Å². The summed E-state index contributed by atoms with van der Waals surface area (Å²) in [5, 5.41) is 0. The number of benzene rings is 4. The minimum absolute atomic E-state index is 0.120. The molecule has 0 fully saturated rings. The Morgan fingerprint density at radius 1 is 0.829 bits per heavy atom. The maximum Gasteiger partial charge on any atom is 0.343 e. The highest BCUT2D eigenvalue weighted by atomic mass is 19.1. The van der Waals surface area contributed by atoms with Crippen molar-refractivity contribution >= 4 is 5.97 Å². The van der Waals surface area contributed by atoms with Gasteiger partial charge in [-0.3, -0.25) is 0 Å². The number of carbonyl (C=O) groups is 1. The van der Waals surface area contributed by atoms with Crippen LogP contribution in [0.3, 0.4) is 0 Å². The van der Waals surface area contributed by atoms with Gasteiger partial charge < -0.3 is 9.47 Å². The average molecular weight is 473 g/mol. The molecular formula is C30H26F2O3. The highest BCUT2D eigenvalue weighted by Crippen LogP contribution is 2.28. The standard InChI is InChI=1S/C30H26F2O3/c1-3-34-29-27(31)18-26(19-28(29)32)35-30(33)25-15-13-24(14-16-25)23-11-9-21(10-12-23)17-20(2)22-7-5-4-6-8-22/h4-16,18-20H,3,17H2,1-2H3/t20-/m1/s1. The number of ether oxygens (including phenoxy) is 2. The number of carbonyl (C=O) groups excluding carboxylic acids is 1. The van der Waals surface area contributed by atoms with Crippen LogP contribution in [0.15, 0.2) is 91.0 Å². The van der Waals surface area contributed by atoms with Gasteiger partial charge >= 0.3 is 5.97 Å². The Morgan fingerprint density at radius 2 is 1.40 bits per heavy atom. The predicted molar refractivity (Wildman–Crippen MR) is 133 cm³/mol. The molecule has 0 aliphatic rings. The van der Waals surface area contributed by atoms with Crippen LogP contribution in [-0.2, 0) is 6.42 Å². The normalized spacial score (nSPS) is 11.7. The van der Waals surface area contributed by atoms with E-state index in [-0.39, 0.29) is 17.9 Å². The Hall–Kier alpha value is -3.99. The van der Waals surface area contributed by atoms with Gasteiger partial charge in [0.1, 0.15) is 5.75 Å². The molecule has 1 atom stereocenters. The third-order valence-electron chi connectivity index (χ3n) is 5.79. The molecule has 0 amide bonds. The lowest BCUT2D eigenvalue weighted by Gasteiger charge is -2.12.